The van der Waals surface area contributed by atoms with Crippen LogP contribution < -0.4 is 5.73 Å². The van der Waals surface area contributed by atoms with Gasteiger partial charge in [-0.05, 0) is 18.9 Å². The van der Waals surface area contributed by atoms with Crippen LogP contribution in [0.1, 0.15) is 25.7 Å². The Kier molecular flexibility index (Phi) is 3.17. The van der Waals surface area contributed by atoms with E-state index in [2.05, 4.69) is 4.98 Å². The number of hydrogen-bond acceptors (Lipinski definition) is 4. The monoisotopic (exact) mass is 224 g/mol. The van der Waals surface area contributed by atoms with E-state index in [9.17, 15) is 5.11 Å². The van der Waals surface area contributed by atoms with Crippen molar-refractivity contribution in [2.24, 2.45) is 0 Å². The van der Waals surface area contributed by atoms with Crippen molar-refractivity contribution in [1.82, 2.24) is 4.98 Å². The third kappa shape index (κ3) is 2.63. The Balaban J connectivity index is 1.95. The highest BCUT2D eigenvalue weighted by molar-refractivity contribution is 7.99. The van der Waals surface area contributed by atoms with Crippen molar-refractivity contribution in [3.8, 4) is 0 Å². The molecule has 82 valence electrons. The van der Waals surface area contributed by atoms with Crippen LogP contribution in [0.2, 0.25) is 0 Å². The number of nitrogen functional groups attached to an aromatic ring is 1. The molecule has 15 heavy (non-hydrogen) atoms. The third-order valence-corrected chi connectivity index (χ3v) is 4.21. The summed E-state index contributed by atoms with van der Waals surface area (Å²) < 4.78 is 0. The minimum Gasteiger partial charge on any atom is -0.397 e. The van der Waals surface area contributed by atoms with E-state index in [0.717, 1.165) is 36.3 Å². The van der Waals surface area contributed by atoms with Gasteiger partial charge in [0, 0.05) is 16.8 Å². The summed E-state index contributed by atoms with van der Waals surface area (Å²) >= 11 is 1.63. The summed E-state index contributed by atoms with van der Waals surface area (Å²) in [5.41, 5.74) is 6.01. The summed E-state index contributed by atoms with van der Waals surface area (Å²) in [5.74, 6) is 0.737. The highest BCUT2D eigenvalue weighted by Gasteiger charge is 2.31. The van der Waals surface area contributed by atoms with E-state index in [1.165, 1.54) is 0 Å². The van der Waals surface area contributed by atoms with Crippen molar-refractivity contribution >= 4 is 17.4 Å². The summed E-state index contributed by atoms with van der Waals surface area (Å²) in [6, 6.07) is 1.90. The fourth-order valence-corrected chi connectivity index (χ4v) is 3.00. The van der Waals surface area contributed by atoms with E-state index < -0.39 is 5.60 Å². The van der Waals surface area contributed by atoms with E-state index in [-0.39, 0.29) is 0 Å². The number of hydrogen-bond donors (Lipinski definition) is 2. The van der Waals surface area contributed by atoms with Crippen molar-refractivity contribution in [2.75, 3.05) is 11.5 Å². The zero-order valence-corrected chi connectivity index (χ0v) is 9.46. The van der Waals surface area contributed by atoms with Crippen LogP contribution in [0.25, 0.3) is 0 Å². The second-order valence-electron chi connectivity index (χ2n) is 4.13. The maximum absolute atomic E-state index is 10.2. The van der Waals surface area contributed by atoms with Crippen LogP contribution in [-0.4, -0.2) is 21.4 Å². The third-order valence-electron chi connectivity index (χ3n) is 2.84. The molecule has 0 atom stereocenters. The molecule has 0 unspecified atom stereocenters. The summed E-state index contributed by atoms with van der Waals surface area (Å²) in [6.07, 6.45) is 7.51. The molecule has 0 bridgehead atoms. The van der Waals surface area contributed by atoms with Crippen LogP contribution in [0.5, 0.6) is 0 Å². The second kappa shape index (κ2) is 4.41. The first-order chi connectivity index (χ1) is 7.20. The van der Waals surface area contributed by atoms with Gasteiger partial charge in [0.2, 0.25) is 0 Å². The van der Waals surface area contributed by atoms with Crippen molar-refractivity contribution in [3.63, 3.8) is 0 Å². The normalized spacial score (nSPS) is 19.3. The molecule has 0 radical (unpaired) electrons. The number of anilines is 1. The second-order valence-corrected chi connectivity index (χ2v) is 5.15. The van der Waals surface area contributed by atoms with Gasteiger partial charge in [-0.25, -0.2) is 0 Å². The van der Waals surface area contributed by atoms with Gasteiger partial charge in [-0.3, -0.25) is 4.98 Å². The molecule has 0 amide bonds. The Morgan fingerprint density at radius 3 is 2.87 bits per heavy atom. The topological polar surface area (TPSA) is 59.1 Å². The number of thioether (sulfide) groups is 1. The molecule has 4 heteroatoms. The molecular weight excluding hydrogens is 208 g/mol. The fourth-order valence-electron chi connectivity index (χ4n) is 1.91. The van der Waals surface area contributed by atoms with E-state index in [4.69, 9.17) is 5.73 Å². The van der Waals surface area contributed by atoms with Gasteiger partial charge in [0.25, 0.3) is 0 Å². The summed E-state index contributed by atoms with van der Waals surface area (Å²) in [5, 5.41) is 10.2. The fraction of sp³-hybridized carbons (Fsp3) is 0.545. The molecule has 1 aliphatic rings. The maximum Gasteiger partial charge on any atom is 0.0741 e. The van der Waals surface area contributed by atoms with Gasteiger partial charge >= 0.3 is 0 Å². The molecule has 1 saturated carbocycles. The Hall–Kier alpha value is -0.740. The minimum absolute atomic E-state index is 0.472. The average molecular weight is 224 g/mol. The molecule has 0 aliphatic heterocycles. The molecule has 1 aromatic rings. The molecule has 3 nitrogen and oxygen atoms in total. The van der Waals surface area contributed by atoms with Gasteiger partial charge in [-0.15, -0.1) is 11.8 Å². The maximum atomic E-state index is 10.2. The zero-order valence-electron chi connectivity index (χ0n) is 8.65. The Morgan fingerprint density at radius 1 is 1.47 bits per heavy atom. The van der Waals surface area contributed by atoms with Gasteiger partial charge in [0.15, 0.2) is 0 Å². The first kappa shape index (κ1) is 10.8. The lowest BCUT2D eigenvalue weighted by molar-refractivity contribution is 0.0733. The molecule has 1 fully saturated rings. The van der Waals surface area contributed by atoms with Gasteiger partial charge in [0.05, 0.1) is 17.5 Å². The van der Waals surface area contributed by atoms with Crippen molar-refractivity contribution in [3.05, 3.63) is 18.5 Å². The first-order valence-electron chi connectivity index (χ1n) is 5.24. The lowest BCUT2D eigenvalue weighted by Crippen LogP contribution is -2.27. The van der Waals surface area contributed by atoms with Crippen LogP contribution in [0.4, 0.5) is 5.69 Å². The largest absolute Gasteiger partial charge is 0.397 e. The number of nitrogens with zero attached hydrogens (tertiary/aromatic N) is 1. The Bertz CT molecular complexity index is 337. The van der Waals surface area contributed by atoms with Crippen LogP contribution in [0.15, 0.2) is 23.4 Å². The summed E-state index contributed by atoms with van der Waals surface area (Å²) in [6.45, 7) is 0. The molecule has 2 rings (SSSR count). The molecule has 1 heterocycles. The van der Waals surface area contributed by atoms with Gasteiger partial charge in [0.1, 0.15) is 0 Å². The Morgan fingerprint density at radius 2 is 2.20 bits per heavy atom. The molecule has 0 spiro atoms. The highest BCUT2D eigenvalue weighted by atomic mass is 32.2. The smallest absolute Gasteiger partial charge is 0.0741 e. The van der Waals surface area contributed by atoms with Gasteiger partial charge < -0.3 is 10.8 Å². The first-order valence-corrected chi connectivity index (χ1v) is 6.23. The molecular formula is C11H16N2OS. The standard InChI is InChI=1S/C11H16N2OS/c12-9-7-13-6-3-10(9)15-8-11(14)4-1-2-5-11/h3,6-7,14H,1-2,4-5,8,12H2. The van der Waals surface area contributed by atoms with Crippen molar-refractivity contribution < 1.29 is 5.11 Å². The van der Waals surface area contributed by atoms with E-state index in [1.54, 1.807) is 24.2 Å². The van der Waals surface area contributed by atoms with E-state index in [0.29, 0.717) is 5.69 Å². The highest BCUT2D eigenvalue weighted by Crippen LogP contribution is 2.35. The zero-order chi connectivity index (χ0) is 10.7. The lowest BCUT2D eigenvalue weighted by Gasteiger charge is -2.21. The molecule has 0 saturated heterocycles. The Labute approximate surface area is 94.1 Å². The van der Waals surface area contributed by atoms with E-state index in [1.807, 2.05) is 6.07 Å². The lowest BCUT2D eigenvalue weighted by atomic mass is 10.1. The number of aliphatic hydroxyl groups is 1. The summed E-state index contributed by atoms with van der Waals surface area (Å²) in [4.78, 5) is 4.96. The van der Waals surface area contributed by atoms with Crippen LogP contribution in [-0.2, 0) is 0 Å². The molecule has 1 aromatic heterocycles. The molecule has 3 N–H and O–H groups in total. The predicted molar refractivity (Wildman–Crippen MR) is 62.8 cm³/mol. The SMILES string of the molecule is Nc1cnccc1SCC1(O)CCCC1. The predicted octanol–water partition coefficient (Wildman–Crippen LogP) is 2.06. The quantitative estimate of drug-likeness (QED) is 0.772. The number of nitrogens with two attached hydrogens (primary N) is 1. The van der Waals surface area contributed by atoms with Crippen molar-refractivity contribution in [2.45, 2.75) is 36.2 Å². The number of aromatic nitrogens is 1. The minimum atomic E-state index is -0.472. The summed E-state index contributed by atoms with van der Waals surface area (Å²) in [7, 11) is 0. The van der Waals surface area contributed by atoms with Crippen molar-refractivity contribution in [1.29, 1.82) is 0 Å². The number of pyridine rings is 1. The van der Waals surface area contributed by atoms with Crippen LogP contribution in [0.3, 0.4) is 0 Å². The average Bonchev–Trinajstić information content (AvgIpc) is 2.65. The molecule has 1 aliphatic carbocycles. The number of rotatable bonds is 3. The van der Waals surface area contributed by atoms with Gasteiger partial charge in [-0.2, -0.15) is 0 Å². The molecule has 0 aromatic carbocycles. The van der Waals surface area contributed by atoms with E-state index >= 15 is 0 Å². The van der Waals surface area contributed by atoms with Crippen LogP contribution in [0, 0.1) is 0 Å². The van der Waals surface area contributed by atoms with Gasteiger partial charge in [-0.1, -0.05) is 12.8 Å². The van der Waals surface area contributed by atoms with Crippen LogP contribution >= 0.6 is 11.8 Å².